The molecule has 3 aliphatic heterocycles. The molecule has 14 heteroatoms. The standard InChI is InChI=1S/C22H25N5O9/c1-12-7-16-17(36-11-35-16)9-14(12)20(32)24-25-6-4-18(29)26-5-2-3-15(27(26)22(25)34)21(33)23-13(10-28)8-19(30)31/h7,9-10,13,15H,2-6,8,11H2,1H3,(H,23,33)(H,24,32)(H,30,31)/t13-,15-/m0/s1. The summed E-state index contributed by atoms with van der Waals surface area (Å²) < 4.78 is 10.6. The van der Waals surface area contributed by atoms with Crippen LogP contribution in [0.2, 0.25) is 0 Å². The number of carboxylic acids is 1. The minimum Gasteiger partial charge on any atom is -0.481 e. The lowest BCUT2D eigenvalue weighted by molar-refractivity contribution is -0.155. The van der Waals surface area contributed by atoms with Crippen LogP contribution in [0.4, 0.5) is 4.79 Å². The van der Waals surface area contributed by atoms with Crippen molar-refractivity contribution < 1.29 is 43.3 Å². The van der Waals surface area contributed by atoms with Crippen LogP contribution in [-0.2, 0) is 19.2 Å². The van der Waals surface area contributed by atoms with Crippen molar-refractivity contribution in [2.24, 2.45) is 0 Å². The average Bonchev–Trinajstić information content (AvgIpc) is 3.26. The average molecular weight is 503 g/mol. The number of hydrogen-bond donors (Lipinski definition) is 3. The van der Waals surface area contributed by atoms with Gasteiger partial charge in [-0.1, -0.05) is 0 Å². The van der Waals surface area contributed by atoms with Crippen molar-refractivity contribution in [3.8, 4) is 11.5 Å². The van der Waals surface area contributed by atoms with Gasteiger partial charge >= 0.3 is 12.0 Å². The number of benzene rings is 1. The highest BCUT2D eigenvalue weighted by Crippen LogP contribution is 2.34. The van der Waals surface area contributed by atoms with Gasteiger partial charge in [0.15, 0.2) is 11.5 Å². The minimum atomic E-state index is -1.30. The number of nitrogens with zero attached hydrogens (tertiary/aromatic N) is 3. The number of carboxylic acid groups (broad SMARTS) is 1. The van der Waals surface area contributed by atoms with Crippen molar-refractivity contribution in [1.29, 1.82) is 0 Å². The summed E-state index contributed by atoms with van der Waals surface area (Å²) in [5.74, 6) is -2.23. The van der Waals surface area contributed by atoms with Crippen molar-refractivity contribution in [2.45, 2.75) is 44.7 Å². The Morgan fingerprint density at radius 2 is 1.92 bits per heavy atom. The second kappa shape index (κ2) is 10.1. The molecule has 3 N–H and O–H groups in total. The highest BCUT2D eigenvalue weighted by molar-refractivity contribution is 5.98. The summed E-state index contributed by atoms with van der Waals surface area (Å²) in [6.45, 7) is 1.77. The number of ether oxygens (including phenoxy) is 2. The zero-order valence-corrected chi connectivity index (χ0v) is 19.4. The molecular weight excluding hydrogens is 478 g/mol. The highest BCUT2D eigenvalue weighted by Gasteiger charge is 2.44. The number of amides is 5. The van der Waals surface area contributed by atoms with Crippen LogP contribution in [0, 0.1) is 6.92 Å². The molecule has 0 unspecified atom stereocenters. The van der Waals surface area contributed by atoms with E-state index < -0.39 is 48.2 Å². The van der Waals surface area contributed by atoms with Crippen molar-refractivity contribution in [1.82, 2.24) is 25.8 Å². The largest absolute Gasteiger partial charge is 0.481 e. The van der Waals surface area contributed by atoms with E-state index in [1.165, 1.54) is 6.07 Å². The molecule has 192 valence electrons. The molecule has 3 aliphatic rings. The van der Waals surface area contributed by atoms with Gasteiger partial charge in [-0.25, -0.2) is 19.8 Å². The van der Waals surface area contributed by atoms with E-state index >= 15 is 0 Å². The zero-order valence-electron chi connectivity index (χ0n) is 19.4. The first-order valence-electron chi connectivity index (χ1n) is 11.3. The number of urea groups is 1. The zero-order chi connectivity index (χ0) is 26.0. The third-order valence-electron chi connectivity index (χ3n) is 6.06. The molecule has 0 aliphatic carbocycles. The van der Waals surface area contributed by atoms with Gasteiger partial charge < -0.3 is 24.7 Å². The fourth-order valence-electron chi connectivity index (χ4n) is 4.29. The van der Waals surface area contributed by atoms with E-state index in [1.807, 2.05) is 0 Å². The number of fused-ring (bicyclic) bond motifs is 2. The molecule has 14 nitrogen and oxygen atoms in total. The monoisotopic (exact) mass is 503 g/mol. The number of hydrazine groups is 2. The predicted octanol–water partition coefficient (Wildman–Crippen LogP) is -0.439. The van der Waals surface area contributed by atoms with Gasteiger partial charge in [0.25, 0.3) is 5.91 Å². The first kappa shape index (κ1) is 24.8. The molecule has 0 aromatic heterocycles. The third kappa shape index (κ3) is 4.87. The molecule has 4 rings (SSSR count). The van der Waals surface area contributed by atoms with Crippen molar-refractivity contribution in [3.63, 3.8) is 0 Å². The molecule has 3 heterocycles. The van der Waals surface area contributed by atoms with Crippen molar-refractivity contribution in [3.05, 3.63) is 23.3 Å². The van der Waals surface area contributed by atoms with Crippen LogP contribution in [-0.4, -0.2) is 88.1 Å². The Bertz CT molecular complexity index is 1120. The molecule has 1 aromatic rings. The number of carbonyl (C=O) groups excluding carboxylic acids is 5. The number of carbonyl (C=O) groups is 6. The van der Waals surface area contributed by atoms with Gasteiger partial charge in [0.1, 0.15) is 12.3 Å². The van der Waals surface area contributed by atoms with Crippen LogP contribution in [0.25, 0.3) is 0 Å². The van der Waals surface area contributed by atoms with Crippen molar-refractivity contribution in [2.75, 3.05) is 19.9 Å². The normalized spacial score (nSPS) is 19.8. The number of aryl methyl sites for hydroxylation is 1. The van der Waals surface area contributed by atoms with Gasteiger partial charge in [0, 0.05) is 18.5 Å². The van der Waals surface area contributed by atoms with Crippen LogP contribution < -0.4 is 20.2 Å². The Morgan fingerprint density at radius 1 is 1.19 bits per heavy atom. The van der Waals surface area contributed by atoms with Crippen LogP contribution in [0.15, 0.2) is 12.1 Å². The fraction of sp³-hybridized carbons (Fsp3) is 0.455. The van der Waals surface area contributed by atoms with E-state index in [0.29, 0.717) is 29.8 Å². The Balaban J connectivity index is 1.55. The minimum absolute atomic E-state index is 0.0260. The molecule has 0 saturated carbocycles. The van der Waals surface area contributed by atoms with Gasteiger partial charge in [-0.2, -0.15) is 0 Å². The maximum atomic E-state index is 13.5. The van der Waals surface area contributed by atoms with E-state index in [4.69, 9.17) is 14.6 Å². The molecule has 2 atom stereocenters. The number of aldehydes is 1. The molecule has 2 fully saturated rings. The van der Waals surface area contributed by atoms with Crippen LogP contribution >= 0.6 is 0 Å². The first-order valence-corrected chi connectivity index (χ1v) is 11.3. The second-order valence-electron chi connectivity index (χ2n) is 8.51. The van der Waals surface area contributed by atoms with E-state index in [9.17, 15) is 28.8 Å². The second-order valence-corrected chi connectivity index (χ2v) is 8.51. The summed E-state index contributed by atoms with van der Waals surface area (Å²) in [4.78, 5) is 74.4. The van der Waals surface area contributed by atoms with Gasteiger partial charge in [0.2, 0.25) is 18.6 Å². The van der Waals surface area contributed by atoms with E-state index in [-0.39, 0.29) is 38.3 Å². The summed E-state index contributed by atoms with van der Waals surface area (Å²) >= 11 is 0. The van der Waals surface area contributed by atoms with E-state index in [1.54, 1.807) is 13.0 Å². The maximum absolute atomic E-state index is 13.5. The molecule has 0 bridgehead atoms. The topological polar surface area (TPSA) is 175 Å². The summed E-state index contributed by atoms with van der Waals surface area (Å²) in [6.07, 6.45) is 0.134. The Kier molecular flexibility index (Phi) is 6.94. The lowest BCUT2D eigenvalue weighted by Crippen LogP contribution is -2.64. The first-order chi connectivity index (χ1) is 17.2. The Morgan fingerprint density at radius 3 is 2.61 bits per heavy atom. The lowest BCUT2D eigenvalue weighted by atomic mass is 10.1. The molecule has 5 amide bonds. The van der Waals surface area contributed by atoms with E-state index in [2.05, 4.69) is 10.7 Å². The number of aliphatic carboxylic acids is 1. The molecule has 36 heavy (non-hydrogen) atoms. The highest BCUT2D eigenvalue weighted by atomic mass is 16.7. The SMILES string of the molecule is Cc1cc2c(cc1C(=O)NN1CCC(=O)N3CCC[C@@H](C(=O)N[C@H](C=O)CC(=O)O)N3C1=O)OCO2. The summed E-state index contributed by atoms with van der Waals surface area (Å²) in [5, 5.41) is 14.3. The number of nitrogens with one attached hydrogen (secondary N) is 2. The smallest absolute Gasteiger partial charge is 0.358 e. The molecule has 2 saturated heterocycles. The quantitative estimate of drug-likeness (QED) is 0.417. The van der Waals surface area contributed by atoms with Gasteiger partial charge in [-0.05, 0) is 37.5 Å². The molecule has 0 radical (unpaired) electrons. The van der Waals surface area contributed by atoms with Gasteiger partial charge in [-0.3, -0.25) is 24.6 Å². The Hall–Kier alpha value is -4.36. The summed E-state index contributed by atoms with van der Waals surface area (Å²) in [7, 11) is 0. The van der Waals surface area contributed by atoms with Gasteiger partial charge in [-0.15, -0.1) is 0 Å². The fourth-order valence-corrected chi connectivity index (χ4v) is 4.29. The molecule has 0 spiro atoms. The maximum Gasteiger partial charge on any atom is 0.358 e. The van der Waals surface area contributed by atoms with Crippen molar-refractivity contribution >= 4 is 36.0 Å². The summed E-state index contributed by atoms with van der Waals surface area (Å²) in [6, 6.07) is -0.165. The number of hydrogen-bond acceptors (Lipinski definition) is 8. The van der Waals surface area contributed by atoms with Crippen LogP contribution in [0.1, 0.15) is 41.6 Å². The van der Waals surface area contributed by atoms with Crippen LogP contribution in [0.3, 0.4) is 0 Å². The lowest BCUT2D eigenvalue weighted by Gasteiger charge is -2.42. The van der Waals surface area contributed by atoms with Crippen LogP contribution in [0.5, 0.6) is 11.5 Å². The molecule has 1 aromatic carbocycles. The predicted molar refractivity (Wildman–Crippen MR) is 118 cm³/mol. The number of rotatable bonds is 7. The Labute approximate surface area is 205 Å². The van der Waals surface area contributed by atoms with Gasteiger partial charge in [0.05, 0.1) is 19.0 Å². The molecular formula is C22H25N5O9. The third-order valence-corrected chi connectivity index (χ3v) is 6.06. The van der Waals surface area contributed by atoms with E-state index in [0.717, 1.165) is 15.0 Å². The summed E-state index contributed by atoms with van der Waals surface area (Å²) in [5.41, 5.74) is 3.32.